The Morgan fingerprint density at radius 3 is 2.50 bits per heavy atom. The molecule has 0 amide bonds. The quantitative estimate of drug-likeness (QED) is 0.769. The van der Waals surface area contributed by atoms with Gasteiger partial charge in [0, 0.05) is 19.8 Å². The Morgan fingerprint density at radius 2 is 2.06 bits per heavy atom. The third-order valence-corrected chi connectivity index (χ3v) is 3.75. The Morgan fingerprint density at radius 1 is 1.38 bits per heavy atom. The first-order valence-electron chi connectivity index (χ1n) is 6.28. The molecule has 0 aliphatic heterocycles. The minimum Gasteiger partial charge on any atom is -0.319 e. The Balaban J connectivity index is 2.55. The SMILES string of the molecule is CCC(CC)(CCc1cnn(C)c1)CNC. The van der Waals surface area contributed by atoms with Gasteiger partial charge in [0.15, 0.2) is 0 Å². The summed E-state index contributed by atoms with van der Waals surface area (Å²) in [5.41, 5.74) is 1.80. The lowest BCUT2D eigenvalue weighted by molar-refractivity contribution is 0.234. The summed E-state index contributed by atoms with van der Waals surface area (Å²) < 4.78 is 1.88. The molecule has 3 nitrogen and oxygen atoms in total. The van der Waals surface area contributed by atoms with Gasteiger partial charge in [0.05, 0.1) is 6.20 Å². The van der Waals surface area contributed by atoms with Crippen molar-refractivity contribution in [2.75, 3.05) is 13.6 Å². The number of nitrogens with zero attached hydrogens (tertiary/aromatic N) is 2. The zero-order chi connectivity index (χ0) is 12.0. The van der Waals surface area contributed by atoms with Gasteiger partial charge in [0.1, 0.15) is 0 Å². The first-order valence-corrected chi connectivity index (χ1v) is 6.28. The second-order valence-corrected chi connectivity index (χ2v) is 4.76. The average molecular weight is 223 g/mol. The van der Waals surface area contributed by atoms with Crippen molar-refractivity contribution in [2.24, 2.45) is 12.5 Å². The second-order valence-electron chi connectivity index (χ2n) is 4.76. The van der Waals surface area contributed by atoms with Gasteiger partial charge in [-0.15, -0.1) is 0 Å². The van der Waals surface area contributed by atoms with Crippen molar-refractivity contribution < 1.29 is 0 Å². The summed E-state index contributed by atoms with van der Waals surface area (Å²) in [5, 5.41) is 7.55. The highest BCUT2D eigenvalue weighted by Crippen LogP contribution is 2.31. The van der Waals surface area contributed by atoms with Crippen LogP contribution < -0.4 is 5.32 Å². The van der Waals surface area contributed by atoms with Crippen molar-refractivity contribution >= 4 is 0 Å². The molecular formula is C13H25N3. The lowest BCUT2D eigenvalue weighted by atomic mass is 9.77. The van der Waals surface area contributed by atoms with Crippen molar-refractivity contribution in [3.63, 3.8) is 0 Å². The maximum absolute atomic E-state index is 4.22. The molecule has 3 heteroatoms. The van der Waals surface area contributed by atoms with Crippen molar-refractivity contribution in [1.29, 1.82) is 0 Å². The predicted molar refractivity (Wildman–Crippen MR) is 68.5 cm³/mol. The molecule has 0 radical (unpaired) electrons. The topological polar surface area (TPSA) is 29.9 Å². The van der Waals surface area contributed by atoms with Crippen molar-refractivity contribution in [3.05, 3.63) is 18.0 Å². The van der Waals surface area contributed by atoms with Crippen LogP contribution >= 0.6 is 0 Å². The van der Waals surface area contributed by atoms with Crippen LogP contribution in [0.3, 0.4) is 0 Å². The van der Waals surface area contributed by atoms with Gasteiger partial charge in [-0.2, -0.15) is 5.10 Å². The van der Waals surface area contributed by atoms with Gasteiger partial charge < -0.3 is 5.32 Å². The van der Waals surface area contributed by atoms with E-state index in [1.54, 1.807) is 0 Å². The number of hydrogen-bond acceptors (Lipinski definition) is 2. The number of aromatic nitrogens is 2. The van der Waals surface area contributed by atoms with E-state index in [1.807, 2.05) is 25.0 Å². The largest absolute Gasteiger partial charge is 0.319 e. The molecule has 16 heavy (non-hydrogen) atoms. The van der Waals surface area contributed by atoms with Crippen LogP contribution in [0.25, 0.3) is 0 Å². The number of hydrogen-bond donors (Lipinski definition) is 1. The molecule has 1 aromatic heterocycles. The van der Waals surface area contributed by atoms with Crippen LogP contribution in [0.4, 0.5) is 0 Å². The number of nitrogens with one attached hydrogen (secondary N) is 1. The van der Waals surface area contributed by atoms with Crippen molar-refractivity contribution in [3.8, 4) is 0 Å². The molecule has 0 saturated heterocycles. The monoisotopic (exact) mass is 223 g/mol. The molecule has 0 unspecified atom stereocenters. The van der Waals surface area contributed by atoms with E-state index in [2.05, 4.69) is 30.5 Å². The van der Waals surface area contributed by atoms with E-state index in [0.717, 1.165) is 13.0 Å². The smallest absolute Gasteiger partial charge is 0.0521 e. The summed E-state index contributed by atoms with van der Waals surface area (Å²) in [6, 6.07) is 0. The molecular weight excluding hydrogens is 198 g/mol. The summed E-state index contributed by atoms with van der Waals surface area (Å²) in [7, 11) is 4.02. The predicted octanol–water partition coefficient (Wildman–Crippen LogP) is 2.38. The van der Waals surface area contributed by atoms with E-state index in [9.17, 15) is 0 Å². The number of rotatable bonds is 7. The molecule has 1 rings (SSSR count). The van der Waals surface area contributed by atoms with Crippen LogP contribution in [0, 0.1) is 5.41 Å². The van der Waals surface area contributed by atoms with Crippen LogP contribution in [-0.4, -0.2) is 23.4 Å². The van der Waals surface area contributed by atoms with E-state index in [1.165, 1.54) is 24.8 Å². The molecule has 1 aromatic rings. The van der Waals surface area contributed by atoms with Gasteiger partial charge >= 0.3 is 0 Å². The van der Waals surface area contributed by atoms with Crippen LogP contribution in [0.15, 0.2) is 12.4 Å². The minimum absolute atomic E-state index is 0.449. The minimum atomic E-state index is 0.449. The molecule has 0 aliphatic carbocycles. The molecule has 1 N–H and O–H groups in total. The molecule has 0 saturated carbocycles. The zero-order valence-electron chi connectivity index (χ0n) is 11.1. The standard InChI is InChI=1S/C13H25N3/c1-5-13(6-2,11-14-3)8-7-12-9-15-16(4)10-12/h9-10,14H,5-8,11H2,1-4H3. The first-order chi connectivity index (χ1) is 7.65. The Hall–Kier alpha value is -0.830. The Labute approximate surface area is 99.2 Å². The molecule has 92 valence electrons. The van der Waals surface area contributed by atoms with Crippen LogP contribution in [-0.2, 0) is 13.5 Å². The van der Waals surface area contributed by atoms with E-state index in [-0.39, 0.29) is 0 Å². The highest BCUT2D eigenvalue weighted by atomic mass is 15.2. The fourth-order valence-corrected chi connectivity index (χ4v) is 2.33. The lowest BCUT2D eigenvalue weighted by Gasteiger charge is -2.31. The van der Waals surface area contributed by atoms with E-state index in [0.29, 0.717) is 5.41 Å². The van der Waals surface area contributed by atoms with Crippen LogP contribution in [0.5, 0.6) is 0 Å². The highest BCUT2D eigenvalue weighted by molar-refractivity contribution is 5.04. The molecule has 0 fully saturated rings. The van der Waals surface area contributed by atoms with Gasteiger partial charge in [-0.3, -0.25) is 4.68 Å². The molecule has 0 aromatic carbocycles. The third kappa shape index (κ3) is 3.34. The summed E-state index contributed by atoms with van der Waals surface area (Å²) in [6.07, 6.45) is 8.96. The normalized spacial score (nSPS) is 12.0. The molecule has 0 spiro atoms. The average Bonchev–Trinajstić information content (AvgIpc) is 2.71. The van der Waals surface area contributed by atoms with Gasteiger partial charge in [-0.25, -0.2) is 0 Å². The maximum atomic E-state index is 4.22. The van der Waals surface area contributed by atoms with E-state index < -0.39 is 0 Å². The van der Waals surface area contributed by atoms with Crippen LogP contribution in [0.2, 0.25) is 0 Å². The zero-order valence-corrected chi connectivity index (χ0v) is 11.1. The molecule has 1 heterocycles. The summed E-state index contributed by atoms with van der Waals surface area (Å²) >= 11 is 0. The van der Waals surface area contributed by atoms with Gasteiger partial charge in [-0.1, -0.05) is 13.8 Å². The summed E-state index contributed by atoms with van der Waals surface area (Å²) in [6.45, 7) is 5.70. The Bertz CT molecular complexity index is 300. The first kappa shape index (κ1) is 13.2. The van der Waals surface area contributed by atoms with Gasteiger partial charge in [-0.05, 0) is 43.7 Å². The number of aryl methyl sites for hydroxylation is 2. The van der Waals surface area contributed by atoms with E-state index in [4.69, 9.17) is 0 Å². The third-order valence-electron chi connectivity index (χ3n) is 3.75. The lowest BCUT2D eigenvalue weighted by Crippen LogP contribution is -2.32. The molecule has 0 bridgehead atoms. The Kier molecular flexibility index (Phi) is 5.00. The van der Waals surface area contributed by atoms with Gasteiger partial charge in [0.2, 0.25) is 0 Å². The van der Waals surface area contributed by atoms with Crippen LogP contribution in [0.1, 0.15) is 38.7 Å². The van der Waals surface area contributed by atoms with Gasteiger partial charge in [0.25, 0.3) is 0 Å². The molecule has 0 atom stereocenters. The van der Waals surface area contributed by atoms with Crippen molar-refractivity contribution in [2.45, 2.75) is 39.5 Å². The summed E-state index contributed by atoms with van der Waals surface area (Å²) in [4.78, 5) is 0. The van der Waals surface area contributed by atoms with Crippen molar-refractivity contribution in [1.82, 2.24) is 15.1 Å². The maximum Gasteiger partial charge on any atom is 0.0521 e. The summed E-state index contributed by atoms with van der Waals surface area (Å²) in [5.74, 6) is 0. The molecule has 0 aliphatic rings. The fraction of sp³-hybridized carbons (Fsp3) is 0.769. The fourth-order valence-electron chi connectivity index (χ4n) is 2.33. The highest BCUT2D eigenvalue weighted by Gasteiger charge is 2.24. The van der Waals surface area contributed by atoms with E-state index >= 15 is 0 Å². The second kappa shape index (κ2) is 6.04.